The average Bonchev–Trinajstić information content (AvgIpc) is 3.28. The number of carbonyl (C=O) groups excluding carboxylic acids is 2. The largest absolute Gasteiger partial charge is 0.466 e. The third-order valence-electron chi connectivity index (χ3n) is 6.31. The van der Waals surface area contributed by atoms with Gasteiger partial charge in [0.2, 0.25) is 0 Å². The molecule has 33 heavy (non-hydrogen) atoms. The summed E-state index contributed by atoms with van der Waals surface area (Å²) in [5.74, 6) is 1.08. The number of ether oxygens (including phenoxy) is 1. The fraction of sp³-hybridized carbons (Fsp3) is 0.357. The number of carbonyl (C=O) groups is 2. The molecule has 0 unspecified atom stereocenters. The van der Waals surface area contributed by atoms with Gasteiger partial charge < -0.3 is 14.2 Å². The quantitative estimate of drug-likeness (QED) is 0.339. The molecule has 5 heteroatoms. The second-order valence-corrected chi connectivity index (χ2v) is 8.62. The maximum atomic E-state index is 13.0. The topological polar surface area (TPSA) is 51.5 Å². The molecule has 0 N–H and O–H groups in total. The van der Waals surface area contributed by atoms with E-state index in [1.807, 2.05) is 55.6 Å². The molecule has 4 rings (SSSR count). The number of aryl methyl sites for hydroxylation is 1. The molecule has 2 aromatic carbocycles. The summed E-state index contributed by atoms with van der Waals surface area (Å²) in [7, 11) is 0. The van der Waals surface area contributed by atoms with Gasteiger partial charge in [-0.2, -0.15) is 0 Å². The Labute approximate surface area is 196 Å². The van der Waals surface area contributed by atoms with Gasteiger partial charge in [0.1, 0.15) is 5.82 Å². The van der Waals surface area contributed by atoms with Gasteiger partial charge in [0.15, 0.2) is 5.78 Å². The minimum atomic E-state index is -0.0893. The summed E-state index contributed by atoms with van der Waals surface area (Å²) in [6, 6.07) is 22.5. The van der Waals surface area contributed by atoms with Crippen molar-refractivity contribution in [2.45, 2.75) is 39.2 Å². The van der Waals surface area contributed by atoms with Crippen LogP contribution in [0.3, 0.4) is 0 Å². The van der Waals surface area contributed by atoms with Gasteiger partial charge in [0.25, 0.3) is 0 Å². The van der Waals surface area contributed by atoms with Crippen molar-refractivity contribution < 1.29 is 14.3 Å². The standard InChI is InChI=1S/C28H32N2O3/c1-2-33-28(32)24-15-17-29(18-16-24)27-19-25(21-30(27)20-23-11-7-4-8-12-23)26(31)14-13-22-9-5-3-6-10-22/h3-12,19,21,24H,2,13-18,20H2,1H3. The Balaban J connectivity index is 1.50. The van der Waals surface area contributed by atoms with Crippen molar-refractivity contribution in [1.82, 2.24) is 4.57 Å². The number of nitrogens with zero attached hydrogens (tertiary/aromatic N) is 2. The van der Waals surface area contributed by atoms with Crippen LogP contribution in [0.15, 0.2) is 72.9 Å². The third-order valence-corrected chi connectivity index (χ3v) is 6.31. The van der Waals surface area contributed by atoms with Crippen molar-refractivity contribution in [2.24, 2.45) is 5.92 Å². The highest BCUT2D eigenvalue weighted by molar-refractivity contribution is 5.97. The van der Waals surface area contributed by atoms with Crippen LogP contribution in [0, 0.1) is 5.92 Å². The number of benzene rings is 2. The van der Waals surface area contributed by atoms with E-state index in [0.29, 0.717) is 19.6 Å². The van der Waals surface area contributed by atoms with E-state index in [1.54, 1.807) is 0 Å². The number of hydrogen-bond donors (Lipinski definition) is 0. The minimum Gasteiger partial charge on any atom is -0.466 e. The normalized spacial score (nSPS) is 14.3. The molecule has 1 aliphatic rings. The number of rotatable bonds is 9. The van der Waals surface area contributed by atoms with Crippen molar-refractivity contribution in [3.8, 4) is 0 Å². The molecular weight excluding hydrogens is 412 g/mol. The van der Waals surface area contributed by atoms with E-state index in [1.165, 1.54) is 11.1 Å². The van der Waals surface area contributed by atoms with Crippen LogP contribution >= 0.6 is 0 Å². The average molecular weight is 445 g/mol. The maximum absolute atomic E-state index is 13.0. The molecule has 0 amide bonds. The maximum Gasteiger partial charge on any atom is 0.309 e. The molecule has 1 aliphatic heterocycles. The Hall–Kier alpha value is -3.34. The number of esters is 1. The number of hydrogen-bond acceptors (Lipinski definition) is 4. The lowest BCUT2D eigenvalue weighted by atomic mass is 9.97. The van der Waals surface area contributed by atoms with Crippen LogP contribution in [0.1, 0.15) is 47.7 Å². The Bertz CT molecular complexity index is 1050. The van der Waals surface area contributed by atoms with Crippen LogP contribution in [-0.2, 0) is 22.5 Å². The Morgan fingerprint density at radius 3 is 2.21 bits per heavy atom. The van der Waals surface area contributed by atoms with Gasteiger partial charge in [-0.15, -0.1) is 0 Å². The number of anilines is 1. The van der Waals surface area contributed by atoms with Crippen molar-refractivity contribution in [3.63, 3.8) is 0 Å². The SMILES string of the molecule is CCOC(=O)C1CCN(c2cc(C(=O)CCc3ccccc3)cn2Cc2ccccc2)CC1. The van der Waals surface area contributed by atoms with Crippen LogP contribution in [0.25, 0.3) is 0 Å². The van der Waals surface area contributed by atoms with Gasteiger partial charge in [-0.3, -0.25) is 9.59 Å². The molecule has 2 heterocycles. The van der Waals surface area contributed by atoms with Crippen LogP contribution in [0.5, 0.6) is 0 Å². The van der Waals surface area contributed by atoms with Gasteiger partial charge in [-0.1, -0.05) is 60.7 Å². The van der Waals surface area contributed by atoms with Gasteiger partial charge in [0.05, 0.1) is 12.5 Å². The molecule has 0 spiro atoms. The Morgan fingerprint density at radius 1 is 0.939 bits per heavy atom. The summed E-state index contributed by atoms with van der Waals surface area (Å²) in [5.41, 5.74) is 3.12. The van der Waals surface area contributed by atoms with Crippen LogP contribution in [0.2, 0.25) is 0 Å². The van der Waals surface area contributed by atoms with Gasteiger partial charge >= 0.3 is 5.97 Å². The second-order valence-electron chi connectivity index (χ2n) is 8.62. The van der Waals surface area contributed by atoms with Crippen molar-refractivity contribution in [1.29, 1.82) is 0 Å². The van der Waals surface area contributed by atoms with Crippen molar-refractivity contribution in [2.75, 3.05) is 24.6 Å². The lowest BCUT2D eigenvalue weighted by Gasteiger charge is -2.33. The lowest BCUT2D eigenvalue weighted by Crippen LogP contribution is -2.38. The molecule has 1 saturated heterocycles. The van der Waals surface area contributed by atoms with E-state index in [-0.39, 0.29) is 17.7 Å². The first kappa shape index (κ1) is 22.8. The van der Waals surface area contributed by atoms with Crippen molar-refractivity contribution >= 4 is 17.6 Å². The van der Waals surface area contributed by atoms with Gasteiger partial charge in [0, 0.05) is 37.8 Å². The van der Waals surface area contributed by atoms with E-state index in [2.05, 4.69) is 33.7 Å². The minimum absolute atomic E-state index is 0.0364. The van der Waals surface area contributed by atoms with Crippen LogP contribution in [-0.4, -0.2) is 36.0 Å². The first-order valence-corrected chi connectivity index (χ1v) is 11.9. The molecule has 0 atom stereocenters. The fourth-order valence-corrected chi connectivity index (χ4v) is 4.48. The highest BCUT2D eigenvalue weighted by Crippen LogP contribution is 2.28. The molecule has 0 bridgehead atoms. The summed E-state index contributed by atoms with van der Waals surface area (Å²) < 4.78 is 7.39. The smallest absolute Gasteiger partial charge is 0.309 e. The fourth-order valence-electron chi connectivity index (χ4n) is 4.48. The lowest BCUT2D eigenvalue weighted by molar-refractivity contribution is -0.148. The van der Waals surface area contributed by atoms with Gasteiger partial charge in [-0.05, 0) is 43.4 Å². The summed E-state index contributed by atoms with van der Waals surface area (Å²) >= 11 is 0. The Morgan fingerprint density at radius 2 is 1.58 bits per heavy atom. The van der Waals surface area contributed by atoms with E-state index < -0.39 is 0 Å². The van der Waals surface area contributed by atoms with E-state index in [4.69, 9.17) is 4.74 Å². The zero-order chi connectivity index (χ0) is 23.0. The van der Waals surface area contributed by atoms with E-state index >= 15 is 0 Å². The summed E-state index contributed by atoms with van der Waals surface area (Å²) in [6.07, 6.45) is 4.76. The Kier molecular flexibility index (Phi) is 7.61. The number of piperidine rings is 1. The van der Waals surface area contributed by atoms with Crippen molar-refractivity contribution in [3.05, 3.63) is 89.6 Å². The molecule has 0 aliphatic carbocycles. The predicted octanol–water partition coefficient (Wildman–Crippen LogP) is 5.13. The summed E-state index contributed by atoms with van der Waals surface area (Å²) in [4.78, 5) is 27.5. The molecule has 0 radical (unpaired) electrons. The molecule has 1 fully saturated rings. The number of ketones is 1. The first-order valence-electron chi connectivity index (χ1n) is 11.9. The molecular formula is C28H32N2O3. The van der Waals surface area contributed by atoms with Gasteiger partial charge in [-0.25, -0.2) is 0 Å². The van der Waals surface area contributed by atoms with Crippen LogP contribution < -0.4 is 4.90 Å². The van der Waals surface area contributed by atoms with Crippen LogP contribution in [0.4, 0.5) is 5.82 Å². The molecule has 5 nitrogen and oxygen atoms in total. The monoisotopic (exact) mass is 444 g/mol. The zero-order valence-corrected chi connectivity index (χ0v) is 19.3. The highest BCUT2D eigenvalue weighted by Gasteiger charge is 2.28. The molecule has 0 saturated carbocycles. The number of Topliss-reactive ketones (excluding diaryl/α,β-unsaturated/α-hetero) is 1. The molecule has 1 aromatic heterocycles. The second kappa shape index (κ2) is 11.0. The third kappa shape index (κ3) is 5.92. The highest BCUT2D eigenvalue weighted by atomic mass is 16.5. The zero-order valence-electron chi connectivity index (χ0n) is 19.3. The summed E-state index contributed by atoms with van der Waals surface area (Å²) in [6.45, 7) is 4.53. The molecule has 3 aromatic rings. The van der Waals surface area contributed by atoms with E-state index in [0.717, 1.165) is 43.7 Å². The summed E-state index contributed by atoms with van der Waals surface area (Å²) in [5, 5.41) is 0. The molecule has 172 valence electrons. The van der Waals surface area contributed by atoms with E-state index in [9.17, 15) is 9.59 Å². The first-order chi connectivity index (χ1) is 16.1. The predicted molar refractivity (Wildman–Crippen MR) is 131 cm³/mol. The number of aromatic nitrogens is 1.